The highest BCUT2D eigenvalue weighted by molar-refractivity contribution is 7.88. The van der Waals surface area contributed by atoms with Gasteiger partial charge >= 0.3 is 0 Å². The zero-order valence-corrected chi connectivity index (χ0v) is 16.6. The van der Waals surface area contributed by atoms with Crippen LogP contribution < -0.4 is 10.0 Å². The minimum Gasteiger partial charge on any atom is -0.345 e. The highest BCUT2D eigenvalue weighted by Crippen LogP contribution is 2.41. The largest absolute Gasteiger partial charge is 0.345 e. The molecule has 5 nitrogen and oxygen atoms in total. The summed E-state index contributed by atoms with van der Waals surface area (Å²) in [6.07, 6.45) is 4.02. The smallest absolute Gasteiger partial charge is 0.251 e. The van der Waals surface area contributed by atoms with Crippen molar-refractivity contribution in [2.75, 3.05) is 12.8 Å². The van der Waals surface area contributed by atoms with E-state index in [4.69, 9.17) is 0 Å². The number of hydrogen-bond acceptors (Lipinski definition) is 3. The molecule has 0 saturated heterocycles. The summed E-state index contributed by atoms with van der Waals surface area (Å²) in [4.78, 5) is 12.7. The van der Waals surface area contributed by atoms with Gasteiger partial charge in [-0.3, -0.25) is 4.79 Å². The molecule has 0 bridgehead atoms. The van der Waals surface area contributed by atoms with Crippen LogP contribution in [0.25, 0.3) is 0 Å². The molecule has 1 aliphatic carbocycles. The molecule has 0 spiro atoms. The van der Waals surface area contributed by atoms with Crippen LogP contribution in [0.15, 0.2) is 48.5 Å². The predicted octanol–water partition coefficient (Wildman–Crippen LogP) is 2.97. The fraction of sp³-hybridized carbons (Fsp3) is 0.381. The maximum atomic E-state index is 12.7. The molecule has 6 heteroatoms. The lowest BCUT2D eigenvalue weighted by Gasteiger charge is -2.19. The van der Waals surface area contributed by atoms with E-state index in [1.54, 1.807) is 12.1 Å². The number of rotatable bonds is 8. The van der Waals surface area contributed by atoms with Gasteiger partial charge < -0.3 is 5.32 Å². The van der Waals surface area contributed by atoms with Gasteiger partial charge in [-0.2, -0.15) is 0 Å². The van der Waals surface area contributed by atoms with E-state index in [-0.39, 0.29) is 11.9 Å². The molecule has 1 fully saturated rings. The van der Waals surface area contributed by atoms with E-state index in [9.17, 15) is 13.2 Å². The Balaban J connectivity index is 1.62. The maximum absolute atomic E-state index is 12.7. The minimum atomic E-state index is -3.17. The van der Waals surface area contributed by atoms with E-state index in [2.05, 4.69) is 41.2 Å². The summed E-state index contributed by atoms with van der Waals surface area (Å²) in [5.74, 6) is 0.436. The zero-order valence-electron chi connectivity index (χ0n) is 15.7. The summed E-state index contributed by atoms with van der Waals surface area (Å²) >= 11 is 0. The lowest BCUT2D eigenvalue weighted by Crippen LogP contribution is -2.29. The summed E-state index contributed by atoms with van der Waals surface area (Å²) in [5, 5.41) is 3.18. The molecule has 144 valence electrons. The molecule has 2 aromatic rings. The first-order valence-corrected chi connectivity index (χ1v) is 11.1. The van der Waals surface area contributed by atoms with Gasteiger partial charge in [0.2, 0.25) is 10.0 Å². The van der Waals surface area contributed by atoms with Crippen molar-refractivity contribution in [3.8, 4) is 0 Å². The second-order valence-corrected chi connectivity index (χ2v) is 9.15. The number of sulfonamides is 1. The summed E-state index contributed by atoms with van der Waals surface area (Å²) in [6.45, 7) is 2.41. The van der Waals surface area contributed by atoms with Crippen molar-refractivity contribution >= 4 is 15.9 Å². The van der Waals surface area contributed by atoms with Crippen molar-refractivity contribution in [1.82, 2.24) is 10.0 Å². The molecule has 3 rings (SSSR count). The predicted molar refractivity (Wildman–Crippen MR) is 107 cm³/mol. The van der Waals surface area contributed by atoms with Crippen molar-refractivity contribution in [2.24, 2.45) is 5.92 Å². The summed E-state index contributed by atoms with van der Waals surface area (Å²) in [6, 6.07) is 15.7. The number of carbonyl (C=O) groups is 1. The van der Waals surface area contributed by atoms with Crippen LogP contribution in [0.2, 0.25) is 0 Å². The number of carbonyl (C=O) groups excluding carboxylic acids is 1. The van der Waals surface area contributed by atoms with Gasteiger partial charge in [-0.05, 0) is 55.4 Å². The van der Waals surface area contributed by atoms with Gasteiger partial charge in [-0.1, -0.05) is 42.0 Å². The van der Waals surface area contributed by atoms with Crippen LogP contribution in [-0.4, -0.2) is 27.1 Å². The third-order valence-electron chi connectivity index (χ3n) is 4.81. The van der Waals surface area contributed by atoms with Crippen LogP contribution in [0.1, 0.15) is 45.9 Å². The Hall–Kier alpha value is -2.18. The molecule has 0 aliphatic heterocycles. The van der Waals surface area contributed by atoms with Gasteiger partial charge in [0.1, 0.15) is 0 Å². The van der Waals surface area contributed by atoms with Crippen LogP contribution in [-0.2, 0) is 16.4 Å². The molecule has 27 heavy (non-hydrogen) atoms. The second kappa shape index (κ2) is 8.23. The van der Waals surface area contributed by atoms with Crippen LogP contribution in [0.4, 0.5) is 0 Å². The minimum absolute atomic E-state index is 0.0525. The van der Waals surface area contributed by atoms with Crippen LogP contribution in [0.3, 0.4) is 0 Å². The first kappa shape index (κ1) is 19.6. The van der Waals surface area contributed by atoms with Crippen molar-refractivity contribution in [3.63, 3.8) is 0 Å². The third kappa shape index (κ3) is 5.91. The van der Waals surface area contributed by atoms with E-state index in [1.165, 1.54) is 5.56 Å². The van der Waals surface area contributed by atoms with Crippen LogP contribution in [0.5, 0.6) is 0 Å². The van der Waals surface area contributed by atoms with E-state index in [1.807, 2.05) is 12.1 Å². The molecule has 0 radical (unpaired) electrons. The SMILES string of the molecule is Cc1ccc(C(NC(=O)c2ccc(CCNS(C)(=O)=O)cc2)C2CC2)cc1. The monoisotopic (exact) mass is 386 g/mol. The van der Waals surface area contributed by atoms with Gasteiger partial charge in [-0.15, -0.1) is 0 Å². The van der Waals surface area contributed by atoms with E-state index in [0.29, 0.717) is 24.4 Å². The fourth-order valence-electron chi connectivity index (χ4n) is 3.10. The highest BCUT2D eigenvalue weighted by Gasteiger charge is 2.33. The van der Waals surface area contributed by atoms with Gasteiger partial charge in [0.25, 0.3) is 5.91 Å². The molecule has 1 aliphatic rings. The summed E-state index contributed by atoms with van der Waals surface area (Å²) < 4.78 is 24.7. The molecule has 1 saturated carbocycles. The molecule has 0 aromatic heterocycles. The maximum Gasteiger partial charge on any atom is 0.251 e. The number of aryl methyl sites for hydroxylation is 1. The van der Waals surface area contributed by atoms with Crippen molar-refractivity contribution < 1.29 is 13.2 Å². The molecule has 2 aromatic carbocycles. The lowest BCUT2D eigenvalue weighted by molar-refractivity contribution is 0.0931. The highest BCUT2D eigenvalue weighted by atomic mass is 32.2. The van der Waals surface area contributed by atoms with Gasteiger partial charge in [0.15, 0.2) is 0 Å². The van der Waals surface area contributed by atoms with E-state index < -0.39 is 10.0 Å². The normalized spacial score (nSPS) is 15.3. The summed E-state index contributed by atoms with van der Waals surface area (Å²) in [7, 11) is -3.17. The van der Waals surface area contributed by atoms with Crippen LogP contribution in [0, 0.1) is 12.8 Å². The quantitative estimate of drug-likeness (QED) is 0.732. The standard InChI is InChI=1S/C21H26N2O3S/c1-15-3-7-17(8-4-15)20(18-11-12-18)23-21(24)19-9-5-16(6-10-19)13-14-22-27(2,25)26/h3-10,18,20,22H,11-14H2,1-2H3,(H,23,24). The molecule has 2 N–H and O–H groups in total. The third-order valence-corrected chi connectivity index (χ3v) is 5.54. The van der Waals surface area contributed by atoms with E-state index >= 15 is 0 Å². The Bertz CT molecular complexity index is 886. The Labute approximate surface area is 161 Å². The van der Waals surface area contributed by atoms with Crippen molar-refractivity contribution in [3.05, 3.63) is 70.8 Å². The number of hydrogen-bond donors (Lipinski definition) is 2. The molecule has 1 atom stereocenters. The fourth-order valence-corrected chi connectivity index (χ4v) is 3.58. The lowest BCUT2D eigenvalue weighted by atomic mass is 10.0. The van der Waals surface area contributed by atoms with Crippen molar-refractivity contribution in [1.29, 1.82) is 0 Å². The zero-order chi connectivity index (χ0) is 19.4. The molecule has 0 heterocycles. The van der Waals surface area contributed by atoms with Crippen molar-refractivity contribution in [2.45, 2.75) is 32.2 Å². The average Bonchev–Trinajstić information content (AvgIpc) is 3.45. The Morgan fingerprint density at radius 1 is 1.07 bits per heavy atom. The molecular formula is C21H26N2O3S. The molecule has 1 amide bonds. The van der Waals surface area contributed by atoms with Gasteiger partial charge in [-0.25, -0.2) is 13.1 Å². The average molecular weight is 387 g/mol. The number of nitrogens with one attached hydrogen (secondary N) is 2. The van der Waals surface area contributed by atoms with Gasteiger partial charge in [0.05, 0.1) is 12.3 Å². The second-order valence-electron chi connectivity index (χ2n) is 7.31. The molecule has 1 unspecified atom stereocenters. The number of benzene rings is 2. The Morgan fingerprint density at radius 3 is 2.26 bits per heavy atom. The first-order chi connectivity index (χ1) is 12.8. The summed E-state index contributed by atoms with van der Waals surface area (Å²) in [5.41, 5.74) is 3.97. The van der Waals surface area contributed by atoms with E-state index in [0.717, 1.165) is 30.2 Å². The van der Waals surface area contributed by atoms with Gasteiger partial charge in [0, 0.05) is 12.1 Å². The number of amides is 1. The topological polar surface area (TPSA) is 75.3 Å². The Kier molecular flexibility index (Phi) is 5.97. The first-order valence-electron chi connectivity index (χ1n) is 9.23. The molecular weight excluding hydrogens is 360 g/mol. The van der Waals surface area contributed by atoms with Crippen LogP contribution >= 0.6 is 0 Å². The Morgan fingerprint density at radius 2 is 1.70 bits per heavy atom.